The van der Waals surface area contributed by atoms with E-state index in [0.29, 0.717) is 10.8 Å². The molecule has 3 aromatic carbocycles. The number of benzene rings is 3. The number of hydrogen-bond donors (Lipinski definition) is 0. The lowest BCUT2D eigenvalue weighted by atomic mass is 10.1. The number of amides is 1. The molecule has 7 heteroatoms. The molecule has 5 nitrogen and oxygen atoms in total. The molecule has 0 heterocycles. The number of sulfonamides is 1. The summed E-state index contributed by atoms with van der Waals surface area (Å²) in [5, 5.41) is 0.628. The summed E-state index contributed by atoms with van der Waals surface area (Å²) in [6.07, 6.45) is 0.803. The molecule has 168 valence electrons. The highest BCUT2D eigenvalue weighted by atomic mass is 35.5. The number of halogens is 1. The van der Waals surface area contributed by atoms with Gasteiger partial charge in [0.2, 0.25) is 0 Å². The Morgan fingerprint density at radius 2 is 1.50 bits per heavy atom. The number of hydrogen-bond acceptors (Lipinski definition) is 4. The number of carbonyl (C=O) groups is 1. The van der Waals surface area contributed by atoms with E-state index >= 15 is 0 Å². The fraction of sp³-hybridized carbons (Fsp3) is 0.240. The summed E-state index contributed by atoms with van der Waals surface area (Å²) in [5.74, 6) is -0.244. The zero-order chi connectivity index (χ0) is 23.5. The quantitative estimate of drug-likeness (QED) is 0.448. The lowest BCUT2D eigenvalue weighted by Gasteiger charge is -2.23. The molecule has 0 aromatic heterocycles. The van der Waals surface area contributed by atoms with Crippen LogP contribution in [0.5, 0.6) is 5.75 Å². The van der Waals surface area contributed by atoms with Gasteiger partial charge in [0.15, 0.2) is 6.61 Å². The van der Waals surface area contributed by atoms with E-state index in [-0.39, 0.29) is 10.6 Å². The van der Waals surface area contributed by atoms with E-state index < -0.39 is 22.5 Å². The Morgan fingerprint density at radius 3 is 2.03 bits per heavy atom. The van der Waals surface area contributed by atoms with Gasteiger partial charge in [-0.25, -0.2) is 8.42 Å². The molecular weight excluding hydrogens is 446 g/mol. The first kappa shape index (κ1) is 23.8. The fourth-order valence-corrected chi connectivity index (χ4v) is 4.81. The van der Waals surface area contributed by atoms with Gasteiger partial charge in [-0.1, -0.05) is 48.4 Å². The minimum absolute atomic E-state index is 0.0363. The minimum Gasteiger partial charge on any atom is -0.484 e. The van der Waals surface area contributed by atoms with Crippen LogP contribution in [-0.2, 0) is 21.2 Å². The molecule has 0 spiro atoms. The van der Waals surface area contributed by atoms with Crippen LogP contribution in [0.1, 0.15) is 29.2 Å². The number of carbonyl (C=O) groups excluding carboxylic acids is 1. The predicted molar refractivity (Wildman–Crippen MR) is 128 cm³/mol. The van der Waals surface area contributed by atoms with Gasteiger partial charge < -0.3 is 4.74 Å². The molecule has 1 amide bonds. The van der Waals surface area contributed by atoms with E-state index in [0.717, 1.165) is 33.0 Å². The second kappa shape index (κ2) is 9.76. The van der Waals surface area contributed by atoms with Crippen molar-refractivity contribution in [3.05, 3.63) is 87.9 Å². The summed E-state index contributed by atoms with van der Waals surface area (Å²) < 4.78 is 33.4. The standard InChI is InChI=1S/C25H26ClNO4S/c1-5-20-8-10-21(11-9-20)27(32(29,30)23-12-6-17(2)7-13-23)24(28)16-31-22-14-18(3)25(26)19(4)15-22/h6-15H,5,16H2,1-4H3. The average Bonchev–Trinajstić information content (AvgIpc) is 2.76. The monoisotopic (exact) mass is 471 g/mol. The molecule has 0 bridgehead atoms. The molecule has 0 saturated carbocycles. The van der Waals surface area contributed by atoms with E-state index in [1.165, 1.54) is 12.1 Å². The third-order valence-corrected chi connectivity index (χ3v) is 7.50. The number of nitrogens with zero attached hydrogens (tertiary/aromatic N) is 1. The Bertz CT molecular complexity index is 1200. The van der Waals surface area contributed by atoms with E-state index in [2.05, 4.69) is 0 Å². The zero-order valence-electron chi connectivity index (χ0n) is 18.6. The van der Waals surface area contributed by atoms with Gasteiger partial charge in [-0.2, -0.15) is 4.31 Å². The first-order valence-corrected chi connectivity index (χ1v) is 12.1. The fourth-order valence-electron chi connectivity index (χ4n) is 3.29. The number of rotatable bonds is 7. The Kier molecular flexibility index (Phi) is 7.26. The molecule has 0 aliphatic carbocycles. The van der Waals surface area contributed by atoms with Crippen molar-refractivity contribution < 1.29 is 17.9 Å². The summed E-state index contributed by atoms with van der Waals surface area (Å²) in [5.41, 5.74) is 3.85. The van der Waals surface area contributed by atoms with Crippen molar-refractivity contribution in [2.75, 3.05) is 10.9 Å². The summed E-state index contributed by atoms with van der Waals surface area (Å²) in [6.45, 7) is 7.11. The molecule has 0 fully saturated rings. The van der Waals surface area contributed by atoms with Gasteiger partial charge in [-0.3, -0.25) is 4.79 Å². The molecule has 3 rings (SSSR count). The van der Waals surface area contributed by atoms with Crippen LogP contribution < -0.4 is 9.04 Å². The third-order valence-electron chi connectivity index (χ3n) is 5.14. The lowest BCUT2D eigenvalue weighted by Crippen LogP contribution is -2.40. The maximum Gasteiger partial charge on any atom is 0.278 e. The van der Waals surface area contributed by atoms with Crippen molar-refractivity contribution in [2.24, 2.45) is 0 Å². The van der Waals surface area contributed by atoms with Crippen LogP contribution in [0.25, 0.3) is 0 Å². The molecule has 0 radical (unpaired) electrons. The first-order chi connectivity index (χ1) is 15.1. The summed E-state index contributed by atoms with van der Waals surface area (Å²) in [4.78, 5) is 13.2. The Hall–Kier alpha value is -2.83. The highest BCUT2D eigenvalue weighted by Crippen LogP contribution is 2.28. The number of ether oxygens (including phenoxy) is 1. The highest BCUT2D eigenvalue weighted by molar-refractivity contribution is 7.93. The van der Waals surface area contributed by atoms with Crippen LogP contribution in [0.15, 0.2) is 65.6 Å². The SMILES string of the molecule is CCc1ccc(N(C(=O)COc2cc(C)c(Cl)c(C)c2)S(=O)(=O)c2ccc(C)cc2)cc1. The van der Waals surface area contributed by atoms with Crippen molar-refractivity contribution >= 4 is 33.2 Å². The predicted octanol–water partition coefficient (Wildman–Crippen LogP) is 5.63. The van der Waals surface area contributed by atoms with Gasteiger partial charge in [-0.05, 0) is 80.3 Å². The van der Waals surface area contributed by atoms with Gasteiger partial charge >= 0.3 is 0 Å². The van der Waals surface area contributed by atoms with Crippen LogP contribution in [0.3, 0.4) is 0 Å². The molecule has 0 atom stereocenters. The van der Waals surface area contributed by atoms with Crippen molar-refractivity contribution in [1.29, 1.82) is 0 Å². The molecular formula is C25H26ClNO4S. The van der Waals surface area contributed by atoms with Gasteiger partial charge in [0.25, 0.3) is 15.9 Å². The molecule has 0 N–H and O–H groups in total. The van der Waals surface area contributed by atoms with E-state index in [1.807, 2.05) is 39.8 Å². The Morgan fingerprint density at radius 1 is 0.938 bits per heavy atom. The molecule has 32 heavy (non-hydrogen) atoms. The molecule has 0 aliphatic rings. The Labute approximate surface area is 194 Å². The second-order valence-electron chi connectivity index (χ2n) is 7.66. The van der Waals surface area contributed by atoms with Crippen LogP contribution >= 0.6 is 11.6 Å². The molecule has 0 saturated heterocycles. The van der Waals surface area contributed by atoms with Gasteiger partial charge in [0.1, 0.15) is 5.75 Å². The van der Waals surface area contributed by atoms with E-state index in [9.17, 15) is 13.2 Å². The van der Waals surface area contributed by atoms with E-state index in [1.54, 1.807) is 36.4 Å². The smallest absolute Gasteiger partial charge is 0.278 e. The van der Waals surface area contributed by atoms with Crippen molar-refractivity contribution in [3.63, 3.8) is 0 Å². The van der Waals surface area contributed by atoms with Crippen LogP contribution in [0.4, 0.5) is 5.69 Å². The number of anilines is 1. The summed E-state index contributed by atoms with van der Waals surface area (Å²) in [7, 11) is -4.13. The average molecular weight is 472 g/mol. The van der Waals surface area contributed by atoms with Crippen molar-refractivity contribution in [2.45, 2.75) is 39.0 Å². The number of aryl methyl sites for hydroxylation is 4. The van der Waals surface area contributed by atoms with Crippen molar-refractivity contribution in [1.82, 2.24) is 0 Å². The van der Waals surface area contributed by atoms with Gasteiger partial charge in [0.05, 0.1) is 10.6 Å². The van der Waals surface area contributed by atoms with Crippen LogP contribution in [0.2, 0.25) is 5.02 Å². The minimum atomic E-state index is -4.13. The summed E-state index contributed by atoms with van der Waals surface area (Å²) >= 11 is 6.20. The van der Waals surface area contributed by atoms with Crippen LogP contribution in [-0.4, -0.2) is 20.9 Å². The first-order valence-electron chi connectivity index (χ1n) is 10.3. The maximum atomic E-state index is 13.4. The largest absolute Gasteiger partial charge is 0.484 e. The molecule has 3 aromatic rings. The maximum absolute atomic E-state index is 13.4. The lowest BCUT2D eigenvalue weighted by molar-refractivity contribution is -0.119. The highest BCUT2D eigenvalue weighted by Gasteiger charge is 2.31. The van der Waals surface area contributed by atoms with Crippen molar-refractivity contribution in [3.8, 4) is 5.75 Å². The van der Waals surface area contributed by atoms with Gasteiger partial charge in [-0.15, -0.1) is 0 Å². The molecule has 0 aliphatic heterocycles. The second-order valence-corrected chi connectivity index (χ2v) is 9.82. The Balaban J connectivity index is 1.96. The van der Waals surface area contributed by atoms with E-state index in [4.69, 9.17) is 16.3 Å². The van der Waals surface area contributed by atoms with Gasteiger partial charge in [0, 0.05) is 5.02 Å². The summed E-state index contributed by atoms with van der Waals surface area (Å²) in [6, 6.07) is 16.7. The topological polar surface area (TPSA) is 63.7 Å². The third kappa shape index (κ3) is 5.14. The molecule has 0 unspecified atom stereocenters. The van der Waals surface area contributed by atoms with Crippen LogP contribution in [0, 0.1) is 20.8 Å². The normalized spacial score (nSPS) is 11.3. The zero-order valence-corrected chi connectivity index (χ0v) is 20.1.